The van der Waals surface area contributed by atoms with Gasteiger partial charge in [0.05, 0.1) is 10.0 Å². The van der Waals surface area contributed by atoms with E-state index in [-0.39, 0.29) is 6.61 Å². The number of rotatable bonds is 3. The lowest BCUT2D eigenvalue weighted by Crippen LogP contribution is -1.90. The molecule has 0 aliphatic rings. The first kappa shape index (κ1) is 9.36. The number of halogens is 2. The van der Waals surface area contributed by atoms with E-state index >= 15 is 0 Å². The van der Waals surface area contributed by atoms with Crippen molar-refractivity contribution in [1.82, 2.24) is 0 Å². The number of ether oxygens (including phenoxy) is 1. The summed E-state index contributed by atoms with van der Waals surface area (Å²) in [5.74, 6) is 0. The van der Waals surface area contributed by atoms with E-state index in [0.717, 1.165) is 0 Å². The molecule has 1 aromatic carbocycles. The molecule has 0 aliphatic carbocycles. The standard InChI is InChI=1S/C8H5Cl2O2/c9-7-3-1-2-6(8(7)10)4-12-5-11/h1-3H,4H2. The van der Waals surface area contributed by atoms with Gasteiger partial charge in [0.2, 0.25) is 0 Å². The van der Waals surface area contributed by atoms with Gasteiger partial charge in [-0.05, 0) is 6.07 Å². The lowest BCUT2D eigenvalue weighted by Gasteiger charge is -2.02. The summed E-state index contributed by atoms with van der Waals surface area (Å²) in [5.41, 5.74) is 0.674. The Kier molecular flexibility index (Phi) is 3.38. The highest BCUT2D eigenvalue weighted by molar-refractivity contribution is 6.42. The molecule has 0 bridgehead atoms. The van der Waals surface area contributed by atoms with Crippen molar-refractivity contribution in [3.8, 4) is 0 Å². The Morgan fingerprint density at radius 2 is 2.17 bits per heavy atom. The Morgan fingerprint density at radius 3 is 2.83 bits per heavy atom. The van der Waals surface area contributed by atoms with Crippen LogP contribution in [0.3, 0.4) is 0 Å². The lowest BCUT2D eigenvalue weighted by molar-refractivity contribution is 0.267. The smallest absolute Gasteiger partial charge is 0.417 e. The van der Waals surface area contributed by atoms with Gasteiger partial charge in [0.1, 0.15) is 6.61 Å². The van der Waals surface area contributed by atoms with Gasteiger partial charge in [-0.3, -0.25) is 0 Å². The van der Waals surface area contributed by atoms with Crippen molar-refractivity contribution in [2.24, 2.45) is 0 Å². The zero-order chi connectivity index (χ0) is 8.97. The average Bonchev–Trinajstić information content (AvgIpc) is 2.08. The molecule has 0 amide bonds. The van der Waals surface area contributed by atoms with Gasteiger partial charge in [0.25, 0.3) is 0 Å². The van der Waals surface area contributed by atoms with Crippen LogP contribution < -0.4 is 0 Å². The van der Waals surface area contributed by atoms with Crippen LogP contribution in [0, 0.1) is 0 Å². The Morgan fingerprint density at radius 1 is 1.42 bits per heavy atom. The molecule has 2 nitrogen and oxygen atoms in total. The highest BCUT2D eigenvalue weighted by atomic mass is 35.5. The van der Waals surface area contributed by atoms with Crippen LogP contribution >= 0.6 is 23.2 Å². The van der Waals surface area contributed by atoms with Crippen molar-refractivity contribution in [3.05, 3.63) is 33.8 Å². The maximum atomic E-state index is 9.75. The second-order valence-electron chi connectivity index (χ2n) is 2.08. The SMILES string of the molecule is O=[C]OCc1cccc(Cl)c1Cl. The molecule has 0 aromatic heterocycles. The van der Waals surface area contributed by atoms with E-state index in [9.17, 15) is 4.79 Å². The molecule has 0 saturated carbocycles. The molecule has 0 N–H and O–H groups in total. The molecule has 1 aromatic rings. The fraction of sp³-hybridized carbons (Fsp3) is 0.125. The summed E-state index contributed by atoms with van der Waals surface area (Å²) in [7, 11) is 0. The predicted octanol–water partition coefficient (Wildman–Crippen LogP) is 2.58. The summed E-state index contributed by atoms with van der Waals surface area (Å²) >= 11 is 11.5. The summed E-state index contributed by atoms with van der Waals surface area (Å²) in [4.78, 5) is 9.75. The number of benzene rings is 1. The van der Waals surface area contributed by atoms with Crippen LogP contribution in [-0.4, -0.2) is 6.47 Å². The first-order chi connectivity index (χ1) is 5.75. The molecule has 1 radical (unpaired) electrons. The van der Waals surface area contributed by atoms with E-state index in [4.69, 9.17) is 23.2 Å². The van der Waals surface area contributed by atoms with Gasteiger partial charge in [-0.25, -0.2) is 4.79 Å². The number of carbonyl (C=O) groups excluding carboxylic acids is 1. The summed E-state index contributed by atoms with van der Waals surface area (Å²) in [6, 6.07) is 5.13. The summed E-state index contributed by atoms with van der Waals surface area (Å²) < 4.78 is 4.41. The van der Waals surface area contributed by atoms with Gasteiger partial charge in [-0.15, -0.1) is 0 Å². The van der Waals surface area contributed by atoms with Crippen LogP contribution in [0.15, 0.2) is 18.2 Å². The molecule has 0 aliphatic heterocycles. The third kappa shape index (κ3) is 2.13. The fourth-order valence-electron chi connectivity index (χ4n) is 0.767. The third-order valence-electron chi connectivity index (χ3n) is 1.32. The molecule has 0 atom stereocenters. The zero-order valence-electron chi connectivity index (χ0n) is 6.01. The molecular formula is C8H5Cl2O2. The minimum absolute atomic E-state index is 0.100. The van der Waals surface area contributed by atoms with E-state index in [1.165, 1.54) is 6.47 Å². The molecule has 0 spiro atoms. The van der Waals surface area contributed by atoms with Crippen molar-refractivity contribution in [1.29, 1.82) is 0 Å². The predicted molar refractivity (Wildman–Crippen MR) is 46.9 cm³/mol. The minimum Gasteiger partial charge on any atom is -0.452 e. The highest BCUT2D eigenvalue weighted by Gasteiger charge is 2.03. The second-order valence-corrected chi connectivity index (χ2v) is 2.87. The molecule has 0 saturated heterocycles. The van der Waals surface area contributed by atoms with Gasteiger partial charge < -0.3 is 4.74 Å². The first-order valence-electron chi connectivity index (χ1n) is 3.17. The summed E-state index contributed by atoms with van der Waals surface area (Å²) in [6.45, 7) is 1.41. The van der Waals surface area contributed by atoms with Crippen LogP contribution in [0.1, 0.15) is 5.56 Å². The quantitative estimate of drug-likeness (QED) is 0.756. The fourth-order valence-corrected chi connectivity index (χ4v) is 1.14. The van der Waals surface area contributed by atoms with Crippen LogP contribution in [-0.2, 0) is 16.1 Å². The van der Waals surface area contributed by atoms with E-state index < -0.39 is 0 Å². The van der Waals surface area contributed by atoms with Crippen molar-refractivity contribution in [2.45, 2.75) is 6.61 Å². The van der Waals surface area contributed by atoms with E-state index in [1.54, 1.807) is 18.2 Å². The Bertz CT molecular complexity index is 286. The average molecular weight is 204 g/mol. The maximum Gasteiger partial charge on any atom is 0.417 e. The normalized spacial score (nSPS) is 9.50. The molecule has 0 heterocycles. The largest absolute Gasteiger partial charge is 0.452 e. The zero-order valence-corrected chi connectivity index (χ0v) is 7.52. The molecule has 12 heavy (non-hydrogen) atoms. The van der Waals surface area contributed by atoms with Crippen molar-refractivity contribution in [2.75, 3.05) is 0 Å². The van der Waals surface area contributed by atoms with Crippen LogP contribution in [0.4, 0.5) is 0 Å². The molecule has 0 unspecified atom stereocenters. The molecule has 1 rings (SSSR count). The van der Waals surface area contributed by atoms with Gasteiger partial charge in [-0.1, -0.05) is 35.3 Å². The van der Waals surface area contributed by atoms with Crippen molar-refractivity contribution < 1.29 is 9.53 Å². The molecular weight excluding hydrogens is 199 g/mol. The Balaban J connectivity index is 2.84. The number of hydrogen-bond donors (Lipinski definition) is 0. The monoisotopic (exact) mass is 203 g/mol. The van der Waals surface area contributed by atoms with Gasteiger partial charge in [-0.2, -0.15) is 0 Å². The minimum atomic E-state index is 0.100. The van der Waals surface area contributed by atoms with E-state index in [0.29, 0.717) is 15.6 Å². The Hall–Kier alpha value is -0.730. The van der Waals surface area contributed by atoms with Gasteiger partial charge in [0.15, 0.2) is 0 Å². The van der Waals surface area contributed by atoms with Crippen molar-refractivity contribution in [3.63, 3.8) is 0 Å². The van der Waals surface area contributed by atoms with Gasteiger partial charge >= 0.3 is 6.47 Å². The van der Waals surface area contributed by atoms with Crippen LogP contribution in [0.5, 0.6) is 0 Å². The number of hydrogen-bond acceptors (Lipinski definition) is 2. The van der Waals surface area contributed by atoms with Gasteiger partial charge in [0, 0.05) is 5.56 Å². The van der Waals surface area contributed by atoms with E-state index in [2.05, 4.69) is 4.74 Å². The maximum absolute atomic E-state index is 9.75. The molecule has 0 fully saturated rings. The van der Waals surface area contributed by atoms with Crippen LogP contribution in [0.25, 0.3) is 0 Å². The van der Waals surface area contributed by atoms with E-state index in [1.807, 2.05) is 0 Å². The highest BCUT2D eigenvalue weighted by Crippen LogP contribution is 2.25. The van der Waals surface area contributed by atoms with Crippen LogP contribution in [0.2, 0.25) is 10.0 Å². The summed E-state index contributed by atoms with van der Waals surface area (Å²) in [5, 5.41) is 0.859. The topological polar surface area (TPSA) is 26.3 Å². The summed E-state index contributed by atoms with van der Waals surface area (Å²) in [6.07, 6.45) is 0. The third-order valence-corrected chi connectivity index (χ3v) is 2.18. The lowest BCUT2D eigenvalue weighted by atomic mass is 10.2. The van der Waals surface area contributed by atoms with Crippen molar-refractivity contribution >= 4 is 29.7 Å². The first-order valence-corrected chi connectivity index (χ1v) is 3.93. The second kappa shape index (κ2) is 4.33. The Labute approximate surface area is 80.0 Å². The molecule has 4 heteroatoms. The molecule has 63 valence electrons.